The lowest BCUT2D eigenvalue weighted by molar-refractivity contribution is 0.0717. The van der Waals surface area contributed by atoms with Crippen molar-refractivity contribution in [3.05, 3.63) is 169 Å². The number of ether oxygens (including phenoxy) is 2. The Morgan fingerprint density at radius 2 is 0.848 bits per heavy atom. The van der Waals surface area contributed by atoms with Crippen molar-refractivity contribution >= 4 is 68.1 Å². The zero-order chi connectivity index (χ0) is 55.6. The number of para-hydroxylation sites is 2. The Kier molecular flexibility index (Phi) is 13.7. The quantitative estimate of drug-likeness (QED) is 0.129. The molecule has 406 valence electrons. The lowest BCUT2D eigenvalue weighted by Crippen LogP contribution is -2.63. The minimum absolute atomic E-state index is 0.0686. The first kappa shape index (κ1) is 53.4. The fourth-order valence-corrected chi connectivity index (χ4v) is 13.1. The van der Waals surface area contributed by atoms with Crippen LogP contribution in [-0.4, -0.2) is 63.1 Å². The molecule has 2 unspecified atom stereocenters. The van der Waals surface area contributed by atoms with E-state index < -0.39 is 11.4 Å². The number of aliphatic imine (C=N–C) groups is 2. The highest BCUT2D eigenvalue weighted by molar-refractivity contribution is 6.08. The molecule has 0 saturated carbocycles. The molecule has 0 bridgehead atoms. The Morgan fingerprint density at radius 1 is 0.481 bits per heavy atom. The maximum atomic E-state index is 7.27. The summed E-state index contributed by atoms with van der Waals surface area (Å²) in [5.41, 5.74) is 12.1. The Labute approximate surface area is 470 Å². The summed E-state index contributed by atoms with van der Waals surface area (Å²) < 4.78 is 14.5. The molecule has 8 aromatic carbocycles. The van der Waals surface area contributed by atoms with Crippen LogP contribution in [0.5, 0.6) is 11.5 Å². The lowest BCUT2D eigenvalue weighted by atomic mass is 9.77. The van der Waals surface area contributed by atoms with Gasteiger partial charge in [0.15, 0.2) is 0 Å². The first-order valence-corrected chi connectivity index (χ1v) is 28.9. The Balaban J connectivity index is 0.000000167. The molecular formula is C71H80N6O2. The van der Waals surface area contributed by atoms with Crippen LogP contribution in [0.4, 0.5) is 34.1 Å². The van der Waals surface area contributed by atoms with Gasteiger partial charge in [0.05, 0.1) is 23.3 Å². The highest BCUT2D eigenvalue weighted by Gasteiger charge is 2.61. The second-order valence-corrected chi connectivity index (χ2v) is 24.6. The summed E-state index contributed by atoms with van der Waals surface area (Å²) in [6, 6.07) is 56.9. The zero-order valence-corrected chi connectivity index (χ0v) is 49.0. The van der Waals surface area contributed by atoms with E-state index >= 15 is 0 Å². The third-order valence-electron chi connectivity index (χ3n) is 17.4. The van der Waals surface area contributed by atoms with E-state index in [-0.39, 0.29) is 16.2 Å². The van der Waals surface area contributed by atoms with Gasteiger partial charge in [-0.25, -0.2) is 0 Å². The molecule has 4 aliphatic heterocycles. The molecule has 79 heavy (non-hydrogen) atoms. The van der Waals surface area contributed by atoms with Crippen LogP contribution >= 0.6 is 0 Å². The SMILES string of the molecule is CCN(CC)c1ccc(-c2cc3c(c4ccccc24)N=CC2(O3)N(CC(C)(C)C)c3ccccc3C2(C)C)cc1.CCN(CC)c1ccc(-c2cc3c(c4ccccc24)N=CC2(O3)N(CC(C)C)c3ccccc3C2(C)C)cc1. The number of nitrogens with zero attached hydrogens (tertiary/aromatic N) is 6. The van der Waals surface area contributed by atoms with Crippen LogP contribution in [0.3, 0.4) is 0 Å². The van der Waals surface area contributed by atoms with E-state index in [4.69, 9.17) is 19.5 Å². The third-order valence-corrected chi connectivity index (χ3v) is 17.4. The summed E-state index contributed by atoms with van der Waals surface area (Å²) in [6.45, 7) is 35.1. The molecule has 0 radical (unpaired) electrons. The van der Waals surface area contributed by atoms with Gasteiger partial charge in [0, 0.05) is 72.8 Å². The topological polar surface area (TPSA) is 56.1 Å². The summed E-state index contributed by atoms with van der Waals surface area (Å²) in [5, 5.41) is 4.61. The molecule has 0 amide bonds. The number of hydrogen-bond acceptors (Lipinski definition) is 8. The highest BCUT2D eigenvalue weighted by atomic mass is 16.5. The molecule has 0 N–H and O–H groups in total. The smallest absolute Gasteiger partial charge is 0.228 e. The predicted molar refractivity (Wildman–Crippen MR) is 337 cm³/mol. The van der Waals surface area contributed by atoms with Crippen molar-refractivity contribution in [1.82, 2.24) is 0 Å². The standard InChI is InChI=1S/C36H41N3O.C35H39N3O/c1-8-38(9-2)26-20-18-25(19-21-26)29-22-32-33(28-15-11-10-14-27(28)29)37-23-36(40-32)35(6,7)30-16-12-13-17-31(30)39(36)24-34(3,4)5;1-7-37(8-2)26-19-17-25(18-20-26)29-21-32-33(28-14-10-9-13-27(28)29)36-23-35(39-32)34(5,6)30-15-11-12-16-31(30)38(35)22-24(3)4/h10-23H,8-9,24H2,1-7H3;9-21,23-24H,7-8,22H2,1-6H3. The fraction of sp³-hybridized carbons (Fsp3) is 0.352. The minimum Gasteiger partial charge on any atom is -0.459 e. The Bertz CT molecular complexity index is 3620. The van der Waals surface area contributed by atoms with Crippen molar-refractivity contribution < 1.29 is 9.47 Å². The van der Waals surface area contributed by atoms with Gasteiger partial charge in [-0.2, -0.15) is 0 Å². The maximum Gasteiger partial charge on any atom is 0.228 e. The minimum atomic E-state index is -0.733. The Hall–Kier alpha value is -7.58. The molecule has 0 aromatic heterocycles. The molecular weight excluding hydrogens is 969 g/mol. The van der Waals surface area contributed by atoms with Gasteiger partial charge >= 0.3 is 0 Å². The summed E-state index contributed by atoms with van der Waals surface area (Å²) in [4.78, 5) is 20.0. The van der Waals surface area contributed by atoms with Crippen LogP contribution in [0, 0.1) is 11.3 Å². The Morgan fingerprint density at radius 3 is 1.24 bits per heavy atom. The largest absolute Gasteiger partial charge is 0.459 e. The van der Waals surface area contributed by atoms with Crippen molar-refractivity contribution in [1.29, 1.82) is 0 Å². The zero-order valence-electron chi connectivity index (χ0n) is 49.0. The number of benzene rings is 8. The molecule has 4 aliphatic rings. The molecule has 0 fully saturated rings. The molecule has 4 heterocycles. The van der Waals surface area contributed by atoms with Gasteiger partial charge in [-0.15, -0.1) is 0 Å². The lowest BCUT2D eigenvalue weighted by Gasteiger charge is -2.48. The van der Waals surface area contributed by atoms with Crippen LogP contribution in [0.2, 0.25) is 0 Å². The van der Waals surface area contributed by atoms with Crippen LogP contribution in [0.1, 0.15) is 101 Å². The third kappa shape index (κ3) is 8.81. The van der Waals surface area contributed by atoms with Gasteiger partial charge in [0.25, 0.3) is 0 Å². The molecule has 8 aromatic rings. The van der Waals surface area contributed by atoms with Crippen molar-refractivity contribution in [3.63, 3.8) is 0 Å². The van der Waals surface area contributed by atoms with Crippen molar-refractivity contribution in [2.45, 2.75) is 112 Å². The van der Waals surface area contributed by atoms with Crippen molar-refractivity contribution in [2.75, 3.05) is 58.9 Å². The number of fused-ring (bicyclic) bond motifs is 8. The normalized spacial score (nSPS) is 19.0. The molecule has 2 atom stereocenters. The van der Waals surface area contributed by atoms with Crippen LogP contribution in [0.25, 0.3) is 43.8 Å². The first-order chi connectivity index (χ1) is 37.9. The second-order valence-electron chi connectivity index (χ2n) is 24.6. The van der Waals surface area contributed by atoms with E-state index in [1.165, 1.54) is 66.9 Å². The average molecular weight is 1050 g/mol. The van der Waals surface area contributed by atoms with E-state index in [1.54, 1.807) is 0 Å². The van der Waals surface area contributed by atoms with Crippen molar-refractivity contribution in [2.24, 2.45) is 21.3 Å². The van der Waals surface area contributed by atoms with Crippen LogP contribution in [0.15, 0.2) is 168 Å². The highest BCUT2D eigenvalue weighted by Crippen LogP contribution is 2.58. The summed E-state index contributed by atoms with van der Waals surface area (Å²) in [6.07, 6.45) is 4.15. The van der Waals surface area contributed by atoms with Gasteiger partial charge in [-0.3, -0.25) is 9.98 Å². The fourth-order valence-electron chi connectivity index (χ4n) is 13.1. The molecule has 12 rings (SSSR count). The van der Waals surface area contributed by atoms with Gasteiger partial charge in [-0.1, -0.05) is 144 Å². The predicted octanol–water partition coefficient (Wildman–Crippen LogP) is 17.6. The number of anilines is 4. The van der Waals surface area contributed by atoms with Crippen molar-refractivity contribution in [3.8, 4) is 33.8 Å². The van der Waals surface area contributed by atoms with E-state index in [1.807, 2.05) is 0 Å². The van der Waals surface area contributed by atoms with Crippen LogP contribution in [-0.2, 0) is 10.8 Å². The first-order valence-electron chi connectivity index (χ1n) is 28.9. The van der Waals surface area contributed by atoms with Gasteiger partial charge < -0.3 is 29.1 Å². The summed E-state index contributed by atoms with van der Waals surface area (Å²) in [5.74, 6) is 2.15. The number of hydrogen-bond donors (Lipinski definition) is 0. The number of rotatable bonds is 11. The van der Waals surface area contributed by atoms with Crippen LogP contribution < -0.4 is 29.1 Å². The summed E-state index contributed by atoms with van der Waals surface area (Å²) in [7, 11) is 0. The van der Waals surface area contributed by atoms with E-state index in [0.29, 0.717) is 5.92 Å². The molecule has 2 spiro atoms. The molecule has 8 nitrogen and oxygen atoms in total. The van der Waals surface area contributed by atoms with Gasteiger partial charge in [0.1, 0.15) is 22.9 Å². The molecule has 8 heteroatoms. The van der Waals surface area contributed by atoms with Gasteiger partial charge in [0.2, 0.25) is 11.4 Å². The molecule has 0 saturated heterocycles. The summed E-state index contributed by atoms with van der Waals surface area (Å²) >= 11 is 0. The van der Waals surface area contributed by atoms with E-state index in [0.717, 1.165) is 72.9 Å². The van der Waals surface area contributed by atoms with E-state index in [2.05, 4.69) is 280 Å². The van der Waals surface area contributed by atoms with Gasteiger partial charge in [-0.05, 0) is 159 Å². The molecule has 0 aliphatic carbocycles. The van der Waals surface area contributed by atoms with E-state index in [9.17, 15) is 0 Å². The monoisotopic (exact) mass is 1050 g/mol. The second kappa shape index (κ2) is 20.3. The average Bonchev–Trinajstić information content (AvgIpc) is 3.97. The maximum absolute atomic E-state index is 7.27.